The Hall–Kier alpha value is -0.550. The lowest BCUT2D eigenvalue weighted by molar-refractivity contribution is 0.0836. The molecule has 0 aromatic rings. The van der Waals surface area contributed by atoms with E-state index in [1.165, 1.54) is 19.3 Å². The molecule has 0 amide bonds. The maximum Gasteiger partial charge on any atom is 0.0656 e. The Labute approximate surface area is 99.6 Å². The molecule has 2 nitrogen and oxygen atoms in total. The van der Waals surface area contributed by atoms with Crippen molar-refractivity contribution in [2.24, 2.45) is 17.8 Å². The molecular formula is C14H24N2. The van der Waals surface area contributed by atoms with E-state index in [0.717, 1.165) is 43.8 Å². The molecule has 2 aliphatic rings. The maximum absolute atomic E-state index is 8.90. The van der Waals surface area contributed by atoms with Crippen molar-refractivity contribution in [3.63, 3.8) is 0 Å². The molecule has 1 aliphatic heterocycles. The van der Waals surface area contributed by atoms with E-state index >= 15 is 0 Å². The molecule has 0 bridgehead atoms. The lowest BCUT2D eigenvalue weighted by Gasteiger charge is -2.41. The zero-order valence-electron chi connectivity index (χ0n) is 10.7. The van der Waals surface area contributed by atoms with Crippen molar-refractivity contribution in [3.8, 4) is 6.07 Å². The van der Waals surface area contributed by atoms with Crippen LogP contribution < -0.4 is 0 Å². The van der Waals surface area contributed by atoms with Gasteiger partial charge in [0.05, 0.1) is 6.07 Å². The molecule has 0 spiro atoms. The van der Waals surface area contributed by atoms with Gasteiger partial charge in [0.15, 0.2) is 0 Å². The summed E-state index contributed by atoms with van der Waals surface area (Å²) in [6.07, 6.45) is 6.33. The molecule has 0 N–H and O–H groups in total. The quantitative estimate of drug-likeness (QED) is 0.679. The Morgan fingerprint density at radius 1 is 1.00 bits per heavy atom. The molecule has 0 radical (unpaired) electrons. The summed E-state index contributed by atoms with van der Waals surface area (Å²) in [5, 5.41) is 8.90. The van der Waals surface area contributed by atoms with Gasteiger partial charge in [0.2, 0.25) is 0 Å². The first-order valence-electron chi connectivity index (χ1n) is 6.84. The fraction of sp³-hybridized carbons (Fsp3) is 0.929. The molecule has 1 saturated carbocycles. The zero-order chi connectivity index (χ0) is 11.5. The Bertz CT molecular complexity index is 260. The summed E-state index contributed by atoms with van der Waals surface area (Å²) in [5.41, 5.74) is 0. The van der Waals surface area contributed by atoms with Crippen LogP contribution in [0.4, 0.5) is 0 Å². The van der Waals surface area contributed by atoms with Crippen molar-refractivity contribution in [1.82, 2.24) is 4.90 Å². The average molecular weight is 220 g/mol. The molecule has 90 valence electrons. The number of hydrogen-bond donors (Lipinski definition) is 0. The van der Waals surface area contributed by atoms with E-state index < -0.39 is 0 Å². The van der Waals surface area contributed by atoms with E-state index in [1.54, 1.807) is 0 Å². The third kappa shape index (κ3) is 2.58. The number of hydrogen-bond acceptors (Lipinski definition) is 2. The molecular weight excluding hydrogens is 196 g/mol. The molecule has 1 heterocycles. The van der Waals surface area contributed by atoms with Crippen LogP contribution in [0.2, 0.25) is 0 Å². The fourth-order valence-corrected chi connectivity index (χ4v) is 3.24. The monoisotopic (exact) mass is 220 g/mol. The molecule has 16 heavy (non-hydrogen) atoms. The van der Waals surface area contributed by atoms with Crippen LogP contribution in [0.3, 0.4) is 0 Å². The summed E-state index contributed by atoms with van der Waals surface area (Å²) >= 11 is 0. The van der Waals surface area contributed by atoms with Crippen LogP contribution in [0.1, 0.15) is 46.0 Å². The van der Waals surface area contributed by atoms with E-state index in [4.69, 9.17) is 5.26 Å². The summed E-state index contributed by atoms with van der Waals surface area (Å²) < 4.78 is 0. The minimum Gasteiger partial charge on any atom is -0.300 e. The minimum atomic E-state index is 0.330. The predicted octanol–water partition coefficient (Wildman–Crippen LogP) is 3.05. The van der Waals surface area contributed by atoms with Gasteiger partial charge in [-0.05, 0) is 57.0 Å². The summed E-state index contributed by atoms with van der Waals surface area (Å²) in [6.45, 7) is 7.11. The largest absolute Gasteiger partial charge is 0.300 e. The molecule has 2 heteroatoms. The Balaban J connectivity index is 1.83. The summed E-state index contributed by atoms with van der Waals surface area (Å²) in [5.74, 6) is 2.12. The Kier molecular flexibility index (Phi) is 3.86. The van der Waals surface area contributed by atoms with Crippen LogP contribution in [-0.4, -0.2) is 24.0 Å². The first-order valence-corrected chi connectivity index (χ1v) is 6.84. The van der Waals surface area contributed by atoms with Crippen molar-refractivity contribution in [2.45, 2.75) is 52.0 Å². The van der Waals surface area contributed by atoms with Gasteiger partial charge in [-0.3, -0.25) is 0 Å². The summed E-state index contributed by atoms with van der Waals surface area (Å²) in [6, 6.07) is 3.23. The van der Waals surface area contributed by atoms with Crippen LogP contribution in [-0.2, 0) is 0 Å². The summed E-state index contributed by atoms with van der Waals surface area (Å²) in [7, 11) is 0. The van der Waals surface area contributed by atoms with E-state index in [9.17, 15) is 0 Å². The zero-order valence-corrected chi connectivity index (χ0v) is 10.7. The third-order valence-corrected chi connectivity index (χ3v) is 4.80. The Morgan fingerprint density at radius 2 is 1.69 bits per heavy atom. The number of rotatable bonds is 1. The highest BCUT2D eigenvalue weighted by molar-refractivity contribution is 4.90. The van der Waals surface area contributed by atoms with Gasteiger partial charge < -0.3 is 4.90 Å². The van der Waals surface area contributed by atoms with Gasteiger partial charge in [-0.15, -0.1) is 0 Å². The molecule has 0 aromatic carbocycles. The maximum atomic E-state index is 8.90. The number of nitrogens with zero attached hydrogens (tertiary/aromatic N) is 2. The van der Waals surface area contributed by atoms with E-state index in [-0.39, 0.29) is 0 Å². The molecule has 3 atom stereocenters. The molecule has 1 saturated heterocycles. The van der Waals surface area contributed by atoms with Crippen molar-refractivity contribution < 1.29 is 0 Å². The van der Waals surface area contributed by atoms with Crippen molar-refractivity contribution in [3.05, 3.63) is 0 Å². The van der Waals surface area contributed by atoms with Crippen molar-refractivity contribution in [1.29, 1.82) is 5.26 Å². The first kappa shape index (κ1) is 11.9. The second-order valence-electron chi connectivity index (χ2n) is 5.86. The number of piperidine rings is 1. The second kappa shape index (κ2) is 5.19. The second-order valence-corrected chi connectivity index (χ2v) is 5.86. The van der Waals surface area contributed by atoms with Crippen LogP contribution in [0.25, 0.3) is 0 Å². The normalized spacial score (nSPS) is 38.2. The van der Waals surface area contributed by atoms with E-state index in [2.05, 4.69) is 24.8 Å². The van der Waals surface area contributed by atoms with Crippen molar-refractivity contribution in [2.75, 3.05) is 13.1 Å². The fourth-order valence-electron chi connectivity index (χ4n) is 3.24. The van der Waals surface area contributed by atoms with Crippen LogP contribution in [0.5, 0.6) is 0 Å². The SMILES string of the molecule is CC1CCC(N2CCC(C#N)CC2)CC1C. The number of likely N-dealkylation sites (tertiary alicyclic amines) is 1. The standard InChI is InChI=1S/C14H24N2/c1-11-3-4-14(9-12(11)2)16-7-5-13(10-15)6-8-16/h11-14H,3-9H2,1-2H3. The smallest absolute Gasteiger partial charge is 0.0656 e. The lowest BCUT2D eigenvalue weighted by atomic mass is 9.78. The highest BCUT2D eigenvalue weighted by Crippen LogP contribution is 2.33. The highest BCUT2D eigenvalue weighted by atomic mass is 15.2. The number of nitriles is 1. The van der Waals surface area contributed by atoms with Gasteiger partial charge in [-0.1, -0.05) is 13.8 Å². The van der Waals surface area contributed by atoms with Gasteiger partial charge in [0, 0.05) is 12.0 Å². The third-order valence-electron chi connectivity index (χ3n) is 4.80. The van der Waals surface area contributed by atoms with Crippen molar-refractivity contribution >= 4 is 0 Å². The molecule has 1 aliphatic carbocycles. The molecule has 0 aromatic heterocycles. The van der Waals surface area contributed by atoms with Crippen LogP contribution in [0.15, 0.2) is 0 Å². The van der Waals surface area contributed by atoms with Gasteiger partial charge in [-0.25, -0.2) is 0 Å². The summed E-state index contributed by atoms with van der Waals surface area (Å²) in [4.78, 5) is 2.65. The van der Waals surface area contributed by atoms with Crippen LogP contribution in [0, 0.1) is 29.1 Å². The van der Waals surface area contributed by atoms with Gasteiger partial charge >= 0.3 is 0 Å². The topological polar surface area (TPSA) is 27.0 Å². The molecule has 2 fully saturated rings. The minimum absolute atomic E-state index is 0.330. The highest BCUT2D eigenvalue weighted by Gasteiger charge is 2.30. The van der Waals surface area contributed by atoms with Crippen LogP contribution >= 0.6 is 0 Å². The van der Waals surface area contributed by atoms with E-state index in [1.807, 2.05) is 0 Å². The lowest BCUT2D eigenvalue weighted by Crippen LogP contribution is -2.44. The first-order chi connectivity index (χ1) is 7.70. The van der Waals surface area contributed by atoms with Gasteiger partial charge in [0.25, 0.3) is 0 Å². The molecule has 3 unspecified atom stereocenters. The Morgan fingerprint density at radius 3 is 2.25 bits per heavy atom. The van der Waals surface area contributed by atoms with E-state index in [0.29, 0.717) is 5.92 Å². The van der Waals surface area contributed by atoms with Gasteiger partial charge in [-0.2, -0.15) is 5.26 Å². The molecule has 2 rings (SSSR count). The average Bonchev–Trinajstić information content (AvgIpc) is 2.33. The van der Waals surface area contributed by atoms with Gasteiger partial charge in [0.1, 0.15) is 0 Å². The predicted molar refractivity (Wildman–Crippen MR) is 65.9 cm³/mol.